The maximum atomic E-state index is 9.83. The first-order chi connectivity index (χ1) is 9.67. The van der Waals surface area contributed by atoms with Gasteiger partial charge in [-0.1, -0.05) is 18.2 Å². The molecule has 6 nitrogen and oxygen atoms in total. The number of rotatable bonds is 3. The average Bonchev–Trinajstić information content (AvgIpc) is 2.93. The summed E-state index contributed by atoms with van der Waals surface area (Å²) in [5, 5.41) is 32.4. The predicted octanol–water partition coefficient (Wildman–Crippen LogP) is 0.282. The Labute approximate surface area is 115 Å². The number of phenols is 1. The monoisotopic (exact) mass is 276 g/mol. The van der Waals surface area contributed by atoms with Gasteiger partial charge in [-0.05, 0) is 12.1 Å². The van der Waals surface area contributed by atoms with Crippen molar-refractivity contribution in [1.82, 2.24) is 10.3 Å². The van der Waals surface area contributed by atoms with Crippen molar-refractivity contribution < 1.29 is 20.1 Å². The first-order valence-corrected chi connectivity index (χ1v) is 6.37. The molecule has 1 aromatic heterocycles. The second-order valence-corrected chi connectivity index (χ2v) is 5.02. The second kappa shape index (κ2) is 4.99. The van der Waals surface area contributed by atoms with Gasteiger partial charge in [0.15, 0.2) is 6.23 Å². The number of benzene rings is 1. The molecule has 1 aromatic carbocycles. The van der Waals surface area contributed by atoms with E-state index >= 15 is 0 Å². The molecule has 2 aromatic rings. The molecule has 20 heavy (non-hydrogen) atoms. The van der Waals surface area contributed by atoms with Crippen LogP contribution in [0, 0.1) is 0 Å². The van der Waals surface area contributed by atoms with Gasteiger partial charge in [0.1, 0.15) is 11.3 Å². The van der Waals surface area contributed by atoms with E-state index in [0.29, 0.717) is 11.2 Å². The molecule has 0 amide bonds. The van der Waals surface area contributed by atoms with Gasteiger partial charge in [-0.2, -0.15) is 0 Å². The smallest absolute Gasteiger partial charge is 0.152 e. The zero-order valence-corrected chi connectivity index (χ0v) is 10.8. The Balaban J connectivity index is 1.94. The fourth-order valence-electron chi connectivity index (χ4n) is 2.29. The maximum absolute atomic E-state index is 9.83. The summed E-state index contributed by atoms with van der Waals surface area (Å²) < 4.78 is 5.55. The molecule has 6 heteroatoms. The minimum absolute atomic E-state index is 0.109. The lowest BCUT2D eigenvalue weighted by molar-refractivity contribution is 0.0748. The number of aromatic nitrogens is 1. The van der Waals surface area contributed by atoms with Crippen LogP contribution in [0.15, 0.2) is 30.3 Å². The number of aromatic hydroxyl groups is 1. The second-order valence-electron chi connectivity index (χ2n) is 5.02. The SMILES string of the molecule is OCC1(CO)CO[C@@H](c2ccc3cccc(O)c3n2)N1. The van der Waals surface area contributed by atoms with E-state index in [0.717, 1.165) is 5.39 Å². The number of phenolic OH excluding ortho intramolecular Hbond substituents is 1. The molecule has 0 aliphatic carbocycles. The van der Waals surface area contributed by atoms with Crippen molar-refractivity contribution in [1.29, 1.82) is 0 Å². The molecule has 3 rings (SSSR count). The van der Waals surface area contributed by atoms with E-state index in [1.165, 1.54) is 0 Å². The molecule has 2 heterocycles. The molecule has 1 saturated heterocycles. The lowest BCUT2D eigenvalue weighted by atomic mass is 10.1. The van der Waals surface area contributed by atoms with Crippen LogP contribution in [0.1, 0.15) is 11.9 Å². The van der Waals surface area contributed by atoms with Gasteiger partial charge in [0, 0.05) is 5.39 Å². The highest BCUT2D eigenvalue weighted by Gasteiger charge is 2.39. The van der Waals surface area contributed by atoms with Crippen molar-refractivity contribution in [2.24, 2.45) is 0 Å². The summed E-state index contributed by atoms with van der Waals surface area (Å²) in [6.07, 6.45) is -0.515. The van der Waals surface area contributed by atoms with Crippen LogP contribution in [0.4, 0.5) is 0 Å². The highest BCUT2D eigenvalue weighted by molar-refractivity contribution is 5.84. The van der Waals surface area contributed by atoms with E-state index in [4.69, 9.17) is 4.74 Å². The summed E-state index contributed by atoms with van der Waals surface area (Å²) in [5.74, 6) is 0.109. The number of aliphatic hydroxyl groups is 2. The molecule has 0 saturated carbocycles. The van der Waals surface area contributed by atoms with E-state index < -0.39 is 11.8 Å². The number of fused-ring (bicyclic) bond motifs is 1. The molecule has 106 valence electrons. The summed E-state index contributed by atoms with van der Waals surface area (Å²) in [7, 11) is 0. The summed E-state index contributed by atoms with van der Waals surface area (Å²) >= 11 is 0. The molecular formula is C14H16N2O4. The van der Waals surface area contributed by atoms with Crippen molar-refractivity contribution in [2.75, 3.05) is 19.8 Å². The van der Waals surface area contributed by atoms with Crippen molar-refractivity contribution in [3.63, 3.8) is 0 Å². The fraction of sp³-hybridized carbons (Fsp3) is 0.357. The van der Waals surface area contributed by atoms with Gasteiger partial charge in [-0.25, -0.2) is 4.98 Å². The third kappa shape index (κ3) is 2.12. The van der Waals surface area contributed by atoms with Crippen molar-refractivity contribution in [3.05, 3.63) is 36.0 Å². The Morgan fingerprint density at radius 1 is 1.25 bits per heavy atom. The minimum atomic E-state index is -0.847. The normalized spacial score (nSPS) is 21.4. The molecule has 1 aliphatic rings. The molecule has 0 spiro atoms. The van der Waals surface area contributed by atoms with Crippen LogP contribution in [0.5, 0.6) is 5.75 Å². The summed E-state index contributed by atoms with van der Waals surface area (Å²) in [6, 6.07) is 8.84. The van der Waals surface area contributed by atoms with Gasteiger partial charge in [0.05, 0.1) is 31.1 Å². The van der Waals surface area contributed by atoms with Crippen LogP contribution in [-0.4, -0.2) is 45.7 Å². The van der Waals surface area contributed by atoms with Crippen LogP contribution >= 0.6 is 0 Å². The number of hydrogen-bond acceptors (Lipinski definition) is 6. The number of para-hydroxylation sites is 1. The van der Waals surface area contributed by atoms with Gasteiger partial charge >= 0.3 is 0 Å². The molecule has 0 bridgehead atoms. The highest BCUT2D eigenvalue weighted by atomic mass is 16.5. The van der Waals surface area contributed by atoms with E-state index in [1.807, 2.05) is 12.1 Å². The summed E-state index contributed by atoms with van der Waals surface area (Å²) in [6.45, 7) is -0.247. The number of pyridine rings is 1. The number of aliphatic hydroxyl groups excluding tert-OH is 2. The van der Waals surface area contributed by atoms with Crippen LogP contribution in [-0.2, 0) is 4.74 Å². The number of ether oxygens (including phenoxy) is 1. The van der Waals surface area contributed by atoms with Crippen molar-refractivity contribution >= 4 is 10.9 Å². The molecule has 0 radical (unpaired) electrons. The van der Waals surface area contributed by atoms with E-state index in [1.54, 1.807) is 18.2 Å². The summed E-state index contributed by atoms with van der Waals surface area (Å²) in [5.41, 5.74) is 0.253. The number of hydrogen-bond donors (Lipinski definition) is 4. The van der Waals surface area contributed by atoms with Gasteiger partial charge < -0.3 is 20.1 Å². The quantitative estimate of drug-likeness (QED) is 0.643. The van der Waals surface area contributed by atoms with E-state index in [2.05, 4.69) is 10.3 Å². The third-order valence-corrected chi connectivity index (χ3v) is 3.56. The standard InChI is InChI=1S/C14H16N2O4/c17-6-14(7-18)8-20-13(16-14)10-5-4-9-2-1-3-11(19)12(9)15-10/h1-5,13,16-19H,6-8H2/t13-/m0/s1. The maximum Gasteiger partial charge on any atom is 0.152 e. The zero-order chi connectivity index (χ0) is 14.2. The third-order valence-electron chi connectivity index (χ3n) is 3.56. The van der Waals surface area contributed by atoms with Crippen LogP contribution in [0.2, 0.25) is 0 Å². The van der Waals surface area contributed by atoms with E-state index in [9.17, 15) is 15.3 Å². The topological polar surface area (TPSA) is 94.8 Å². The van der Waals surface area contributed by atoms with Crippen molar-refractivity contribution in [2.45, 2.75) is 11.8 Å². The zero-order valence-electron chi connectivity index (χ0n) is 10.8. The van der Waals surface area contributed by atoms with Gasteiger partial charge in [-0.3, -0.25) is 5.32 Å². The Morgan fingerprint density at radius 3 is 2.75 bits per heavy atom. The summed E-state index contributed by atoms with van der Waals surface area (Å²) in [4.78, 5) is 4.39. The number of nitrogens with one attached hydrogen (secondary N) is 1. The van der Waals surface area contributed by atoms with Crippen molar-refractivity contribution in [3.8, 4) is 5.75 Å². The lowest BCUT2D eigenvalue weighted by Crippen LogP contribution is -2.49. The molecule has 0 unspecified atom stereocenters. The highest BCUT2D eigenvalue weighted by Crippen LogP contribution is 2.28. The number of nitrogens with zero attached hydrogens (tertiary/aromatic N) is 1. The predicted molar refractivity (Wildman–Crippen MR) is 72.1 cm³/mol. The van der Waals surface area contributed by atoms with Crippen LogP contribution in [0.3, 0.4) is 0 Å². The van der Waals surface area contributed by atoms with Gasteiger partial charge in [0.2, 0.25) is 0 Å². The Bertz CT molecular complexity index is 628. The Morgan fingerprint density at radius 2 is 2.05 bits per heavy atom. The molecule has 1 fully saturated rings. The first kappa shape index (κ1) is 13.3. The molecular weight excluding hydrogens is 260 g/mol. The van der Waals surface area contributed by atoms with Crippen LogP contribution < -0.4 is 5.32 Å². The Hall–Kier alpha value is -1.73. The molecule has 1 aliphatic heterocycles. The van der Waals surface area contributed by atoms with E-state index in [-0.39, 0.29) is 25.6 Å². The Kier molecular flexibility index (Phi) is 3.31. The van der Waals surface area contributed by atoms with Crippen LogP contribution in [0.25, 0.3) is 10.9 Å². The first-order valence-electron chi connectivity index (χ1n) is 6.37. The van der Waals surface area contributed by atoms with Gasteiger partial charge in [0.25, 0.3) is 0 Å². The lowest BCUT2D eigenvalue weighted by Gasteiger charge is -2.22. The van der Waals surface area contributed by atoms with Gasteiger partial charge in [-0.15, -0.1) is 0 Å². The molecule has 4 N–H and O–H groups in total. The average molecular weight is 276 g/mol. The minimum Gasteiger partial charge on any atom is -0.506 e. The largest absolute Gasteiger partial charge is 0.506 e. The molecule has 1 atom stereocenters. The fourth-order valence-corrected chi connectivity index (χ4v) is 2.29.